The molecule has 5 rings (SSSR count). The van der Waals surface area contributed by atoms with Gasteiger partial charge in [0, 0.05) is 31.1 Å². The van der Waals surface area contributed by atoms with Crippen LogP contribution in [0.15, 0.2) is 78.9 Å². The molecular weight excluding hydrogens is 438 g/mol. The largest absolute Gasteiger partial charge is 0.495 e. The summed E-state index contributed by atoms with van der Waals surface area (Å²) in [5.41, 5.74) is 4.27. The fourth-order valence-corrected chi connectivity index (χ4v) is 5.60. The zero-order chi connectivity index (χ0) is 24.2. The SMILES string of the molecule is COc1ccccc1NC(=O)N1CCCCN2[C@@H](CO)[C@@H](c3ccc(-c4ccccc4)cc3)[C@@H]2C1. The number of fused-ring (bicyclic) bond motifs is 1. The summed E-state index contributed by atoms with van der Waals surface area (Å²) in [5, 5.41) is 13.3. The molecule has 2 saturated heterocycles. The molecule has 2 aliphatic rings. The minimum Gasteiger partial charge on any atom is -0.495 e. The van der Waals surface area contributed by atoms with E-state index in [-0.39, 0.29) is 30.6 Å². The number of amides is 2. The van der Waals surface area contributed by atoms with Gasteiger partial charge in [-0.15, -0.1) is 0 Å². The smallest absolute Gasteiger partial charge is 0.322 e. The number of methoxy groups -OCH3 is 1. The predicted octanol–water partition coefficient (Wildman–Crippen LogP) is 4.82. The average molecular weight is 472 g/mol. The van der Waals surface area contributed by atoms with E-state index in [1.807, 2.05) is 47.4 Å². The summed E-state index contributed by atoms with van der Waals surface area (Å²) in [5.74, 6) is 0.833. The molecule has 2 fully saturated rings. The van der Waals surface area contributed by atoms with Crippen LogP contribution >= 0.6 is 0 Å². The van der Waals surface area contributed by atoms with Crippen molar-refractivity contribution in [3.05, 3.63) is 84.4 Å². The Kier molecular flexibility index (Phi) is 7.02. The Morgan fingerprint density at radius 3 is 2.37 bits per heavy atom. The first-order chi connectivity index (χ1) is 17.2. The molecule has 0 aromatic heterocycles. The number of para-hydroxylation sites is 2. The van der Waals surface area contributed by atoms with Crippen LogP contribution in [-0.2, 0) is 0 Å². The van der Waals surface area contributed by atoms with E-state index in [9.17, 15) is 9.90 Å². The van der Waals surface area contributed by atoms with Gasteiger partial charge in [0.1, 0.15) is 5.75 Å². The highest BCUT2D eigenvalue weighted by Gasteiger charge is 2.49. The van der Waals surface area contributed by atoms with Crippen LogP contribution < -0.4 is 10.1 Å². The number of anilines is 1. The van der Waals surface area contributed by atoms with Crippen molar-refractivity contribution in [2.24, 2.45) is 0 Å². The summed E-state index contributed by atoms with van der Waals surface area (Å²) < 4.78 is 5.40. The zero-order valence-corrected chi connectivity index (χ0v) is 20.1. The van der Waals surface area contributed by atoms with E-state index in [1.54, 1.807) is 7.11 Å². The molecule has 6 heteroatoms. The third kappa shape index (κ3) is 4.77. The first kappa shape index (κ1) is 23.4. The van der Waals surface area contributed by atoms with Gasteiger partial charge in [0.15, 0.2) is 0 Å². The fourth-order valence-electron chi connectivity index (χ4n) is 5.60. The van der Waals surface area contributed by atoms with E-state index >= 15 is 0 Å². The van der Waals surface area contributed by atoms with Crippen LogP contribution in [0, 0.1) is 0 Å². The van der Waals surface area contributed by atoms with Crippen LogP contribution in [0.2, 0.25) is 0 Å². The molecule has 6 nitrogen and oxygen atoms in total. The van der Waals surface area contributed by atoms with Crippen molar-refractivity contribution in [3.8, 4) is 16.9 Å². The lowest BCUT2D eigenvalue weighted by Crippen LogP contribution is -2.68. The molecule has 3 aromatic carbocycles. The Balaban J connectivity index is 1.35. The second-order valence-electron chi connectivity index (χ2n) is 9.35. The molecule has 0 unspecified atom stereocenters. The third-order valence-corrected chi connectivity index (χ3v) is 7.41. The highest BCUT2D eigenvalue weighted by atomic mass is 16.5. The quantitative estimate of drug-likeness (QED) is 0.560. The van der Waals surface area contributed by atoms with Gasteiger partial charge in [-0.2, -0.15) is 0 Å². The van der Waals surface area contributed by atoms with Crippen molar-refractivity contribution in [2.45, 2.75) is 30.8 Å². The topological polar surface area (TPSA) is 65.0 Å². The molecule has 3 aromatic rings. The van der Waals surface area contributed by atoms with E-state index in [1.165, 1.54) is 16.7 Å². The van der Waals surface area contributed by atoms with Crippen LogP contribution in [0.25, 0.3) is 11.1 Å². The van der Waals surface area contributed by atoms with Gasteiger partial charge in [0.2, 0.25) is 0 Å². The van der Waals surface area contributed by atoms with Crippen molar-refractivity contribution in [3.63, 3.8) is 0 Å². The maximum atomic E-state index is 13.3. The number of hydrogen-bond acceptors (Lipinski definition) is 4. The number of aliphatic hydroxyl groups is 1. The van der Waals surface area contributed by atoms with Crippen LogP contribution in [0.5, 0.6) is 5.75 Å². The normalized spacial score (nSPS) is 22.3. The van der Waals surface area contributed by atoms with Gasteiger partial charge in [-0.3, -0.25) is 4.90 Å². The Morgan fingerprint density at radius 1 is 0.943 bits per heavy atom. The number of hydrogen-bond donors (Lipinski definition) is 2. The lowest BCUT2D eigenvalue weighted by molar-refractivity contribution is -0.0585. The predicted molar refractivity (Wildman–Crippen MR) is 139 cm³/mol. The van der Waals surface area contributed by atoms with E-state index in [0.29, 0.717) is 18.0 Å². The van der Waals surface area contributed by atoms with Crippen LogP contribution in [0.3, 0.4) is 0 Å². The number of carbonyl (C=O) groups excluding carboxylic acids is 1. The van der Waals surface area contributed by atoms with Gasteiger partial charge in [-0.1, -0.05) is 66.7 Å². The number of nitrogens with one attached hydrogen (secondary N) is 1. The summed E-state index contributed by atoms with van der Waals surface area (Å²) in [7, 11) is 1.61. The van der Waals surface area contributed by atoms with Crippen molar-refractivity contribution in [1.82, 2.24) is 9.80 Å². The second kappa shape index (κ2) is 10.5. The Hall–Kier alpha value is -3.35. The highest BCUT2D eigenvalue weighted by Crippen LogP contribution is 2.42. The van der Waals surface area contributed by atoms with E-state index in [4.69, 9.17) is 4.74 Å². The molecule has 0 radical (unpaired) electrons. The van der Waals surface area contributed by atoms with Gasteiger partial charge in [0.05, 0.1) is 19.4 Å². The molecule has 0 aliphatic carbocycles. The van der Waals surface area contributed by atoms with E-state index in [2.05, 4.69) is 46.6 Å². The number of aliphatic hydroxyl groups excluding tert-OH is 1. The zero-order valence-electron chi connectivity index (χ0n) is 20.1. The second-order valence-corrected chi connectivity index (χ2v) is 9.35. The molecule has 0 bridgehead atoms. The van der Waals surface area contributed by atoms with Crippen molar-refractivity contribution < 1.29 is 14.6 Å². The van der Waals surface area contributed by atoms with E-state index in [0.717, 1.165) is 25.9 Å². The summed E-state index contributed by atoms with van der Waals surface area (Å²) in [6.07, 6.45) is 1.95. The fraction of sp³-hybridized carbons (Fsp3) is 0.345. The first-order valence-electron chi connectivity index (χ1n) is 12.4. The maximum absolute atomic E-state index is 13.3. The number of rotatable bonds is 5. The summed E-state index contributed by atoms with van der Waals surface area (Å²) in [4.78, 5) is 17.6. The summed E-state index contributed by atoms with van der Waals surface area (Å²) >= 11 is 0. The Morgan fingerprint density at radius 2 is 1.63 bits per heavy atom. The van der Waals surface area contributed by atoms with Gasteiger partial charge in [0.25, 0.3) is 0 Å². The molecule has 2 N–H and O–H groups in total. The molecule has 0 spiro atoms. The molecule has 182 valence electrons. The number of urea groups is 1. The average Bonchev–Trinajstić information content (AvgIpc) is 2.89. The van der Waals surface area contributed by atoms with Crippen molar-refractivity contribution >= 4 is 11.7 Å². The monoisotopic (exact) mass is 471 g/mol. The van der Waals surface area contributed by atoms with Crippen LogP contribution in [0.1, 0.15) is 24.3 Å². The number of nitrogens with zero attached hydrogens (tertiary/aromatic N) is 2. The first-order valence-corrected chi connectivity index (χ1v) is 12.4. The van der Waals surface area contributed by atoms with Crippen molar-refractivity contribution in [2.75, 3.05) is 38.7 Å². The van der Waals surface area contributed by atoms with Gasteiger partial charge >= 0.3 is 6.03 Å². The lowest BCUT2D eigenvalue weighted by Gasteiger charge is -2.57. The molecule has 2 heterocycles. The number of benzene rings is 3. The van der Waals surface area contributed by atoms with Crippen LogP contribution in [0.4, 0.5) is 10.5 Å². The summed E-state index contributed by atoms with van der Waals surface area (Å²) in [6, 6.07) is 26.7. The Labute approximate surface area is 207 Å². The van der Waals surface area contributed by atoms with Crippen molar-refractivity contribution in [1.29, 1.82) is 0 Å². The Bertz CT molecular complexity index is 1140. The summed E-state index contributed by atoms with van der Waals surface area (Å²) in [6.45, 7) is 2.42. The lowest BCUT2D eigenvalue weighted by atomic mass is 9.74. The third-order valence-electron chi connectivity index (χ3n) is 7.41. The molecule has 35 heavy (non-hydrogen) atoms. The van der Waals surface area contributed by atoms with E-state index < -0.39 is 0 Å². The molecule has 2 amide bonds. The number of ether oxygens (including phenoxy) is 1. The highest BCUT2D eigenvalue weighted by molar-refractivity contribution is 5.91. The van der Waals surface area contributed by atoms with Gasteiger partial charge < -0.3 is 20.1 Å². The van der Waals surface area contributed by atoms with Gasteiger partial charge in [-0.25, -0.2) is 4.79 Å². The molecular formula is C29H33N3O3. The molecule has 3 atom stereocenters. The minimum atomic E-state index is -0.109. The molecule has 2 aliphatic heterocycles. The standard InChI is InChI=1S/C29H33N3O3/c1-35-27-12-6-5-11-24(27)30-29(34)31-17-7-8-18-32-25(19-31)28(26(32)20-33)23-15-13-22(14-16-23)21-9-3-2-4-10-21/h2-6,9-16,25-26,28,33H,7-8,17-20H2,1H3,(H,30,34)/t25-,26-,28-/m0/s1. The van der Waals surface area contributed by atoms with Gasteiger partial charge in [-0.05, 0) is 48.2 Å². The maximum Gasteiger partial charge on any atom is 0.322 e. The number of carbonyl (C=O) groups is 1. The minimum absolute atomic E-state index is 0.0832. The van der Waals surface area contributed by atoms with Crippen LogP contribution in [-0.4, -0.2) is 66.4 Å². The molecule has 0 saturated carbocycles.